The van der Waals surface area contributed by atoms with Gasteiger partial charge in [-0.3, -0.25) is 4.79 Å². The third-order valence-corrected chi connectivity index (χ3v) is 7.17. The summed E-state index contributed by atoms with van der Waals surface area (Å²) in [5, 5.41) is 9.18. The Morgan fingerprint density at radius 3 is 2.74 bits per heavy atom. The van der Waals surface area contributed by atoms with Gasteiger partial charge >= 0.3 is 6.29 Å². The molecule has 1 fully saturated rings. The molecule has 1 saturated heterocycles. The number of nitrogens with zero attached hydrogens (tertiary/aromatic N) is 5. The molecule has 1 aromatic carbocycles. The SMILES string of the molecule is CN1CCN(CCCNc2cc(CNc3ncsc3C(=O)Nc3ccc4c(c3)OC(F)(F)O4)nc(Cl)n2)CC1. The number of ether oxygens (including phenoxy) is 2. The highest BCUT2D eigenvalue weighted by atomic mass is 35.5. The second-order valence-electron chi connectivity index (χ2n) is 9.11. The predicted octanol–water partition coefficient (Wildman–Crippen LogP) is 3.82. The number of nitrogens with one attached hydrogen (secondary N) is 3. The van der Waals surface area contributed by atoms with Crippen LogP contribution in [-0.2, 0) is 6.54 Å². The zero-order valence-electron chi connectivity index (χ0n) is 21.0. The molecule has 2 aliphatic heterocycles. The molecule has 0 spiro atoms. The Bertz CT molecular complexity index is 1320. The Morgan fingerprint density at radius 1 is 1.13 bits per heavy atom. The maximum Gasteiger partial charge on any atom is 0.586 e. The number of piperazine rings is 1. The van der Waals surface area contributed by atoms with Crippen molar-refractivity contribution in [2.45, 2.75) is 19.3 Å². The van der Waals surface area contributed by atoms with Gasteiger partial charge in [-0.2, -0.15) is 0 Å². The standard InChI is InChI=1S/C24H27ClF2N8O3S/c1-34-7-9-35(10-8-34)6-2-5-28-19-12-16(32-23(25)33-19)13-29-21-20(39-14-30-21)22(36)31-15-3-4-17-18(11-15)38-24(26,27)37-17/h3-4,11-12,14,29H,2,5-10,13H2,1H3,(H,31,36)(H,28,32,33). The summed E-state index contributed by atoms with van der Waals surface area (Å²) in [6, 6.07) is 5.81. The molecule has 3 N–H and O–H groups in total. The Kier molecular flexibility index (Phi) is 8.26. The number of benzene rings is 1. The van der Waals surface area contributed by atoms with Crippen molar-refractivity contribution < 1.29 is 23.0 Å². The number of thiazole rings is 1. The molecule has 2 aromatic heterocycles. The monoisotopic (exact) mass is 580 g/mol. The van der Waals surface area contributed by atoms with E-state index in [4.69, 9.17) is 11.6 Å². The summed E-state index contributed by atoms with van der Waals surface area (Å²) in [7, 11) is 2.14. The van der Waals surface area contributed by atoms with Gasteiger partial charge in [0.2, 0.25) is 5.28 Å². The third-order valence-electron chi connectivity index (χ3n) is 6.17. The van der Waals surface area contributed by atoms with E-state index < -0.39 is 12.2 Å². The molecule has 5 rings (SSSR count). The summed E-state index contributed by atoms with van der Waals surface area (Å²) in [5.41, 5.74) is 2.41. The minimum absolute atomic E-state index is 0.106. The number of alkyl halides is 2. The van der Waals surface area contributed by atoms with Crippen LogP contribution >= 0.6 is 22.9 Å². The normalized spacial score (nSPS) is 16.7. The number of carbonyl (C=O) groups is 1. The highest BCUT2D eigenvalue weighted by Gasteiger charge is 2.43. The van der Waals surface area contributed by atoms with Gasteiger partial charge in [0.1, 0.15) is 16.5 Å². The molecule has 0 aliphatic carbocycles. The summed E-state index contributed by atoms with van der Waals surface area (Å²) in [5.74, 6) is 0.237. The van der Waals surface area contributed by atoms with Crippen molar-refractivity contribution >= 4 is 46.2 Å². The van der Waals surface area contributed by atoms with Gasteiger partial charge in [-0.15, -0.1) is 20.1 Å². The van der Waals surface area contributed by atoms with Crippen molar-refractivity contribution in [2.75, 3.05) is 62.3 Å². The summed E-state index contributed by atoms with van der Waals surface area (Å²) in [4.78, 5) is 30.7. The van der Waals surface area contributed by atoms with Crippen LogP contribution in [0, 0.1) is 0 Å². The van der Waals surface area contributed by atoms with E-state index in [1.165, 1.54) is 23.7 Å². The van der Waals surface area contributed by atoms with Gasteiger partial charge in [-0.25, -0.2) is 15.0 Å². The van der Waals surface area contributed by atoms with Gasteiger partial charge < -0.3 is 35.2 Å². The van der Waals surface area contributed by atoms with Crippen LogP contribution in [0.2, 0.25) is 5.28 Å². The van der Waals surface area contributed by atoms with E-state index in [1.807, 2.05) is 0 Å². The van der Waals surface area contributed by atoms with Crippen LogP contribution in [0.3, 0.4) is 0 Å². The summed E-state index contributed by atoms with van der Waals surface area (Å²) in [6.07, 6.45) is -2.76. The number of anilines is 3. The summed E-state index contributed by atoms with van der Waals surface area (Å²) in [6.45, 7) is 6.36. The van der Waals surface area contributed by atoms with Crippen LogP contribution in [0.5, 0.6) is 11.5 Å². The van der Waals surface area contributed by atoms with E-state index in [2.05, 4.69) is 57.2 Å². The first-order valence-corrected chi connectivity index (χ1v) is 13.6. The molecule has 208 valence electrons. The van der Waals surface area contributed by atoms with E-state index in [-0.39, 0.29) is 29.0 Å². The number of fused-ring (bicyclic) bond motifs is 1. The lowest BCUT2D eigenvalue weighted by Gasteiger charge is -2.32. The van der Waals surface area contributed by atoms with Crippen molar-refractivity contribution in [1.29, 1.82) is 0 Å². The highest BCUT2D eigenvalue weighted by Crippen LogP contribution is 2.42. The summed E-state index contributed by atoms with van der Waals surface area (Å²) >= 11 is 7.27. The lowest BCUT2D eigenvalue weighted by molar-refractivity contribution is -0.286. The van der Waals surface area contributed by atoms with Crippen LogP contribution in [0.1, 0.15) is 21.8 Å². The molecular formula is C24H27ClF2N8O3S. The van der Waals surface area contributed by atoms with Crippen LogP contribution in [0.4, 0.5) is 26.1 Å². The smallest absolute Gasteiger partial charge is 0.395 e. The minimum Gasteiger partial charge on any atom is -0.395 e. The largest absolute Gasteiger partial charge is 0.586 e. The fourth-order valence-electron chi connectivity index (χ4n) is 4.16. The number of carbonyl (C=O) groups excluding carboxylic acids is 1. The molecule has 15 heteroatoms. The molecule has 0 atom stereocenters. The topological polar surface area (TPSA) is 117 Å². The first-order chi connectivity index (χ1) is 18.7. The quantitative estimate of drug-likeness (QED) is 0.241. The van der Waals surface area contributed by atoms with E-state index in [0.717, 1.165) is 57.0 Å². The van der Waals surface area contributed by atoms with Gasteiger partial charge in [0.15, 0.2) is 11.5 Å². The first-order valence-electron chi connectivity index (χ1n) is 12.3. The number of amides is 1. The van der Waals surface area contributed by atoms with Crippen molar-refractivity contribution in [3.8, 4) is 11.5 Å². The number of halogens is 3. The fourth-order valence-corrected chi connectivity index (χ4v) is 5.02. The average molecular weight is 581 g/mol. The van der Waals surface area contributed by atoms with Crippen molar-refractivity contribution in [3.63, 3.8) is 0 Å². The Balaban J connectivity index is 1.13. The number of aromatic nitrogens is 3. The maximum absolute atomic E-state index is 13.3. The van der Waals surface area contributed by atoms with Gasteiger partial charge in [-0.1, -0.05) is 0 Å². The molecule has 3 aromatic rings. The predicted molar refractivity (Wildman–Crippen MR) is 144 cm³/mol. The number of rotatable bonds is 10. The Labute approximate surface area is 232 Å². The zero-order chi connectivity index (χ0) is 27.4. The lowest BCUT2D eigenvalue weighted by Crippen LogP contribution is -2.44. The molecular weight excluding hydrogens is 554 g/mol. The third kappa shape index (κ3) is 7.20. The van der Waals surface area contributed by atoms with Gasteiger partial charge in [0.05, 0.1) is 17.7 Å². The van der Waals surface area contributed by atoms with Crippen molar-refractivity contribution in [3.05, 3.63) is 45.6 Å². The second kappa shape index (κ2) is 11.8. The van der Waals surface area contributed by atoms with Gasteiger partial charge in [0, 0.05) is 50.5 Å². The molecule has 2 aliphatic rings. The second-order valence-corrected chi connectivity index (χ2v) is 10.3. The molecule has 0 unspecified atom stereocenters. The Hall–Kier alpha value is -3.33. The molecule has 1 amide bonds. The first kappa shape index (κ1) is 27.2. The van der Waals surface area contributed by atoms with Gasteiger partial charge in [0.25, 0.3) is 5.91 Å². The number of likely N-dealkylation sites (N-methyl/N-ethyl adjacent to an activating group) is 1. The molecule has 11 nitrogen and oxygen atoms in total. The highest BCUT2D eigenvalue weighted by molar-refractivity contribution is 7.12. The van der Waals surface area contributed by atoms with Crippen LogP contribution in [-0.4, -0.2) is 83.3 Å². The zero-order valence-corrected chi connectivity index (χ0v) is 22.6. The van der Waals surface area contributed by atoms with E-state index in [0.29, 0.717) is 22.2 Å². The molecule has 0 bridgehead atoms. The molecule has 39 heavy (non-hydrogen) atoms. The Morgan fingerprint density at radius 2 is 1.92 bits per heavy atom. The van der Waals surface area contributed by atoms with Gasteiger partial charge in [-0.05, 0) is 43.7 Å². The maximum atomic E-state index is 13.3. The van der Waals surface area contributed by atoms with Crippen LogP contribution in [0.15, 0.2) is 29.8 Å². The minimum atomic E-state index is -3.73. The summed E-state index contributed by atoms with van der Waals surface area (Å²) < 4.78 is 35.4. The number of hydrogen-bond donors (Lipinski definition) is 3. The van der Waals surface area contributed by atoms with Crippen LogP contribution in [0.25, 0.3) is 0 Å². The molecule has 0 saturated carbocycles. The number of hydrogen-bond acceptors (Lipinski definition) is 11. The van der Waals surface area contributed by atoms with Crippen molar-refractivity contribution in [2.24, 2.45) is 0 Å². The lowest BCUT2D eigenvalue weighted by atomic mass is 10.2. The van der Waals surface area contributed by atoms with E-state index in [1.54, 1.807) is 6.07 Å². The molecule has 0 radical (unpaired) electrons. The van der Waals surface area contributed by atoms with Crippen LogP contribution < -0.4 is 25.4 Å². The average Bonchev–Trinajstić information content (AvgIpc) is 3.48. The molecule has 4 heterocycles. The van der Waals surface area contributed by atoms with E-state index >= 15 is 0 Å². The van der Waals surface area contributed by atoms with E-state index in [9.17, 15) is 13.6 Å². The fraction of sp³-hybridized carbons (Fsp3) is 0.417. The van der Waals surface area contributed by atoms with Crippen molar-refractivity contribution in [1.82, 2.24) is 24.8 Å².